The van der Waals surface area contributed by atoms with Crippen molar-refractivity contribution in [1.29, 1.82) is 5.26 Å². The molecule has 9 heteroatoms. The van der Waals surface area contributed by atoms with Crippen molar-refractivity contribution < 1.29 is 19.0 Å². The lowest BCUT2D eigenvalue weighted by Crippen LogP contribution is -2.06. The first-order chi connectivity index (χ1) is 16.0. The zero-order chi connectivity index (χ0) is 23.5. The normalized spacial score (nSPS) is 10.6. The fraction of sp³-hybridized carbons (Fsp3) is 0.125. The summed E-state index contributed by atoms with van der Waals surface area (Å²) in [7, 11) is 3.05. The number of nitrogens with zero attached hydrogens (tertiary/aromatic N) is 2. The van der Waals surface area contributed by atoms with Crippen LogP contribution >= 0.6 is 11.3 Å². The van der Waals surface area contributed by atoms with Gasteiger partial charge in [-0.3, -0.25) is 0 Å². The van der Waals surface area contributed by atoms with E-state index in [1.165, 1.54) is 14.2 Å². The molecule has 4 rings (SSSR count). The number of carbonyl (C=O) groups excluding carboxylic acids is 1. The number of pyridine rings is 1. The van der Waals surface area contributed by atoms with Crippen LogP contribution in [0, 0.1) is 11.3 Å². The van der Waals surface area contributed by atoms with E-state index in [1.807, 2.05) is 30.3 Å². The van der Waals surface area contributed by atoms with Gasteiger partial charge in [-0.1, -0.05) is 36.4 Å². The highest BCUT2D eigenvalue weighted by Gasteiger charge is 2.25. The molecule has 2 heterocycles. The highest BCUT2D eigenvalue weighted by molar-refractivity contribution is 7.21. The number of methoxy groups -OCH3 is 2. The standard InChI is InChI=1S/C24H20N4O4S/c1-30-16-9-8-14(10-17(16)31-2)18-15(11-25)22(27)28-23-19(18)20(26)21(33-23)24(29)32-12-13-6-4-3-5-7-13/h3-10H,12,26H2,1-2H3,(H2,27,28). The van der Waals surface area contributed by atoms with Crippen LogP contribution in [0.5, 0.6) is 11.5 Å². The third kappa shape index (κ3) is 4.00. The molecule has 8 nitrogen and oxygen atoms in total. The van der Waals surface area contributed by atoms with E-state index in [1.54, 1.807) is 18.2 Å². The Morgan fingerprint density at radius 2 is 1.82 bits per heavy atom. The molecule has 0 radical (unpaired) electrons. The van der Waals surface area contributed by atoms with E-state index in [0.29, 0.717) is 32.8 Å². The van der Waals surface area contributed by atoms with Gasteiger partial charge in [-0.15, -0.1) is 11.3 Å². The van der Waals surface area contributed by atoms with Crippen molar-refractivity contribution in [2.45, 2.75) is 6.61 Å². The lowest BCUT2D eigenvalue weighted by Gasteiger charge is -2.13. The molecule has 4 N–H and O–H groups in total. The van der Waals surface area contributed by atoms with Crippen molar-refractivity contribution in [3.05, 3.63) is 64.5 Å². The van der Waals surface area contributed by atoms with Crippen molar-refractivity contribution in [1.82, 2.24) is 4.98 Å². The van der Waals surface area contributed by atoms with E-state index < -0.39 is 5.97 Å². The van der Waals surface area contributed by atoms with Crippen molar-refractivity contribution in [2.24, 2.45) is 0 Å². The number of benzene rings is 2. The minimum Gasteiger partial charge on any atom is -0.493 e. The van der Waals surface area contributed by atoms with Gasteiger partial charge in [-0.05, 0) is 23.3 Å². The SMILES string of the molecule is COc1ccc(-c2c(C#N)c(N)nc3sc(C(=O)OCc4ccccc4)c(N)c23)cc1OC. The highest BCUT2D eigenvalue weighted by atomic mass is 32.1. The predicted molar refractivity (Wildman–Crippen MR) is 127 cm³/mol. The molecule has 0 saturated heterocycles. The van der Waals surface area contributed by atoms with Gasteiger partial charge in [-0.2, -0.15) is 5.26 Å². The second-order valence-electron chi connectivity index (χ2n) is 7.02. The largest absolute Gasteiger partial charge is 0.493 e. The third-order valence-electron chi connectivity index (χ3n) is 5.09. The molecule has 4 aromatic rings. The van der Waals surface area contributed by atoms with E-state index >= 15 is 0 Å². The molecule has 33 heavy (non-hydrogen) atoms. The van der Waals surface area contributed by atoms with Crippen molar-refractivity contribution in [3.63, 3.8) is 0 Å². The number of hydrogen-bond acceptors (Lipinski definition) is 9. The average Bonchev–Trinajstić information content (AvgIpc) is 3.17. The maximum Gasteiger partial charge on any atom is 0.350 e. The summed E-state index contributed by atoms with van der Waals surface area (Å²) in [6.45, 7) is 0.106. The maximum atomic E-state index is 12.8. The van der Waals surface area contributed by atoms with E-state index in [4.69, 9.17) is 25.7 Å². The molecule has 0 amide bonds. The second-order valence-corrected chi connectivity index (χ2v) is 8.01. The molecule has 0 atom stereocenters. The Hall–Kier alpha value is -4.29. The van der Waals surface area contributed by atoms with E-state index in [9.17, 15) is 10.1 Å². The maximum absolute atomic E-state index is 12.8. The summed E-state index contributed by atoms with van der Waals surface area (Å²) in [5, 5.41) is 10.3. The number of esters is 1. The number of rotatable bonds is 6. The van der Waals surface area contributed by atoms with E-state index in [-0.39, 0.29) is 28.6 Å². The van der Waals surface area contributed by atoms with Gasteiger partial charge < -0.3 is 25.7 Å². The molecular weight excluding hydrogens is 440 g/mol. The highest BCUT2D eigenvalue weighted by Crippen LogP contribution is 2.44. The van der Waals surface area contributed by atoms with Crippen LogP contribution in [0.15, 0.2) is 48.5 Å². The number of hydrogen-bond donors (Lipinski definition) is 2. The van der Waals surface area contributed by atoms with Crippen molar-refractivity contribution in [3.8, 4) is 28.7 Å². The summed E-state index contributed by atoms with van der Waals surface area (Å²) < 4.78 is 16.2. The number of nitrogens with two attached hydrogens (primary N) is 2. The van der Waals surface area contributed by atoms with Crippen LogP contribution < -0.4 is 20.9 Å². The number of nitrogen functional groups attached to an aromatic ring is 2. The van der Waals surface area contributed by atoms with Crippen molar-refractivity contribution in [2.75, 3.05) is 25.7 Å². The van der Waals surface area contributed by atoms with Crippen LogP contribution in [0.25, 0.3) is 21.3 Å². The Morgan fingerprint density at radius 1 is 1.09 bits per heavy atom. The molecular formula is C24H20N4O4S. The molecule has 2 aromatic heterocycles. The fourth-order valence-electron chi connectivity index (χ4n) is 3.50. The van der Waals surface area contributed by atoms with E-state index in [0.717, 1.165) is 16.9 Å². The summed E-state index contributed by atoms with van der Waals surface area (Å²) in [6, 6.07) is 16.6. The Morgan fingerprint density at radius 3 is 2.48 bits per heavy atom. The number of aromatic nitrogens is 1. The Kier molecular flexibility index (Phi) is 6.02. The number of ether oxygens (including phenoxy) is 3. The molecule has 0 aliphatic heterocycles. The number of fused-ring (bicyclic) bond motifs is 1. The summed E-state index contributed by atoms with van der Waals surface area (Å²) in [6.07, 6.45) is 0. The van der Waals surface area contributed by atoms with Gasteiger partial charge in [0.1, 0.15) is 33.8 Å². The van der Waals surface area contributed by atoms with Gasteiger partial charge in [0.2, 0.25) is 0 Å². The molecule has 0 aliphatic carbocycles. The predicted octanol–water partition coefficient (Wildman–Crippen LogP) is 4.37. The fourth-order valence-corrected chi connectivity index (χ4v) is 4.51. The minimum absolute atomic E-state index is 0.0419. The van der Waals surface area contributed by atoms with Crippen LogP contribution in [-0.2, 0) is 11.3 Å². The Bertz CT molecular complexity index is 1390. The van der Waals surface area contributed by atoms with Crippen molar-refractivity contribution >= 4 is 39.0 Å². The minimum atomic E-state index is -0.574. The first kappa shape index (κ1) is 21.9. The molecule has 0 saturated carbocycles. The quantitative estimate of drug-likeness (QED) is 0.405. The zero-order valence-corrected chi connectivity index (χ0v) is 18.7. The van der Waals surface area contributed by atoms with Gasteiger partial charge in [0.25, 0.3) is 0 Å². The first-order valence-electron chi connectivity index (χ1n) is 9.83. The van der Waals surface area contributed by atoms with Crippen LogP contribution in [0.2, 0.25) is 0 Å². The monoisotopic (exact) mass is 460 g/mol. The summed E-state index contributed by atoms with van der Waals surface area (Å²) in [5.74, 6) is 0.468. The average molecular weight is 461 g/mol. The third-order valence-corrected chi connectivity index (χ3v) is 6.17. The number of anilines is 2. The number of carbonyl (C=O) groups is 1. The molecule has 0 fully saturated rings. The second kappa shape index (κ2) is 9.06. The van der Waals surface area contributed by atoms with Gasteiger partial charge in [0.05, 0.1) is 19.9 Å². The summed E-state index contributed by atoms with van der Waals surface area (Å²) in [5.41, 5.74) is 14.8. The smallest absolute Gasteiger partial charge is 0.350 e. The number of nitriles is 1. The van der Waals surface area contributed by atoms with Crippen LogP contribution in [0.4, 0.5) is 11.5 Å². The van der Waals surface area contributed by atoms with Crippen LogP contribution in [0.1, 0.15) is 20.8 Å². The lowest BCUT2D eigenvalue weighted by molar-refractivity contribution is 0.0480. The molecule has 0 bridgehead atoms. The molecule has 0 unspecified atom stereocenters. The lowest BCUT2D eigenvalue weighted by atomic mass is 9.97. The molecule has 166 valence electrons. The van der Waals surface area contributed by atoms with Gasteiger partial charge in [0, 0.05) is 10.9 Å². The molecule has 0 spiro atoms. The zero-order valence-electron chi connectivity index (χ0n) is 17.9. The molecule has 0 aliphatic rings. The van der Waals surface area contributed by atoms with Crippen LogP contribution in [-0.4, -0.2) is 25.2 Å². The van der Waals surface area contributed by atoms with E-state index in [2.05, 4.69) is 11.1 Å². The molecule has 2 aromatic carbocycles. The Balaban J connectivity index is 1.84. The Labute approximate surface area is 193 Å². The topological polar surface area (TPSA) is 133 Å². The van der Waals surface area contributed by atoms with Gasteiger partial charge in [-0.25, -0.2) is 9.78 Å². The van der Waals surface area contributed by atoms with Crippen LogP contribution in [0.3, 0.4) is 0 Å². The van der Waals surface area contributed by atoms with Gasteiger partial charge in [0.15, 0.2) is 11.5 Å². The summed E-state index contributed by atoms with van der Waals surface area (Å²) >= 11 is 1.07. The number of thiophene rings is 1. The summed E-state index contributed by atoms with van der Waals surface area (Å²) in [4.78, 5) is 17.8. The van der Waals surface area contributed by atoms with Gasteiger partial charge >= 0.3 is 5.97 Å². The first-order valence-corrected chi connectivity index (χ1v) is 10.6.